The molecule has 0 aromatic rings. The molecule has 0 bridgehead atoms. The average Bonchev–Trinajstić information content (AvgIpc) is 3.16. The van der Waals surface area contributed by atoms with Crippen molar-refractivity contribution in [3.63, 3.8) is 0 Å². The maximum Gasteiger partial charge on any atom is 0.190 e. The van der Waals surface area contributed by atoms with Gasteiger partial charge in [-0.15, -0.1) is 0 Å². The fourth-order valence-electron chi connectivity index (χ4n) is 1.94. The van der Waals surface area contributed by atoms with Crippen LogP contribution in [0.1, 0.15) is 13.8 Å². The number of amidine groups is 2. The lowest BCUT2D eigenvalue weighted by atomic mass is 10.0. The minimum absolute atomic E-state index is 0.478. The van der Waals surface area contributed by atoms with Crippen LogP contribution in [-0.2, 0) is 9.59 Å². The first-order valence-corrected chi connectivity index (χ1v) is 6.48. The van der Waals surface area contributed by atoms with Crippen LogP contribution in [0, 0.1) is 0 Å². The highest BCUT2D eigenvalue weighted by molar-refractivity contribution is 6.06. The van der Waals surface area contributed by atoms with E-state index >= 15 is 0 Å². The first kappa shape index (κ1) is 14.3. The molecule has 0 amide bonds. The summed E-state index contributed by atoms with van der Waals surface area (Å²) in [5, 5.41) is 14.1. The van der Waals surface area contributed by atoms with Crippen molar-refractivity contribution in [1.82, 2.24) is 10.6 Å². The predicted molar refractivity (Wildman–Crippen MR) is 74.4 cm³/mol. The third-order valence-corrected chi connectivity index (χ3v) is 3.23. The molecular formula is C12H18N6O2. The molecule has 20 heavy (non-hydrogen) atoms. The van der Waals surface area contributed by atoms with Crippen LogP contribution in [0.2, 0.25) is 0 Å². The van der Waals surface area contributed by atoms with Crippen molar-refractivity contribution in [2.24, 2.45) is 20.2 Å². The monoisotopic (exact) mass is 278 g/mol. The van der Waals surface area contributed by atoms with Crippen molar-refractivity contribution < 1.29 is 9.59 Å². The predicted octanol–water partition coefficient (Wildman–Crippen LogP) is -0.643. The Kier molecular flexibility index (Phi) is 3.91. The van der Waals surface area contributed by atoms with Gasteiger partial charge in [0.05, 0.1) is 13.1 Å². The number of nitrogens with one attached hydrogen (secondary N) is 2. The summed E-state index contributed by atoms with van der Waals surface area (Å²) in [7, 11) is 0. The van der Waals surface area contributed by atoms with Gasteiger partial charge in [-0.1, -0.05) is 0 Å². The molecular weight excluding hydrogens is 260 g/mol. The molecule has 0 aromatic heterocycles. The molecule has 2 unspecified atom stereocenters. The maximum atomic E-state index is 11.3. The Morgan fingerprint density at radius 2 is 1.35 bits per heavy atom. The van der Waals surface area contributed by atoms with E-state index in [1.807, 2.05) is 0 Å². The number of carbonyl (C=O) groups is 2. The number of azo groups is 1. The van der Waals surface area contributed by atoms with E-state index in [1.54, 1.807) is 13.8 Å². The number of aldehydes is 2. The molecule has 0 aromatic carbocycles. The van der Waals surface area contributed by atoms with Gasteiger partial charge in [-0.25, -0.2) is 0 Å². The van der Waals surface area contributed by atoms with Crippen molar-refractivity contribution in [2.45, 2.75) is 24.9 Å². The van der Waals surface area contributed by atoms with Crippen LogP contribution in [0.3, 0.4) is 0 Å². The molecule has 2 heterocycles. The van der Waals surface area contributed by atoms with Crippen LogP contribution in [-0.4, -0.2) is 61.5 Å². The van der Waals surface area contributed by atoms with Crippen LogP contribution in [0.5, 0.6) is 0 Å². The highest BCUT2D eigenvalue weighted by atomic mass is 16.1. The summed E-state index contributed by atoms with van der Waals surface area (Å²) in [6, 6.07) is 0. The van der Waals surface area contributed by atoms with E-state index < -0.39 is 11.1 Å². The van der Waals surface area contributed by atoms with E-state index in [0.717, 1.165) is 0 Å². The van der Waals surface area contributed by atoms with Gasteiger partial charge in [0.15, 0.2) is 23.7 Å². The Balaban J connectivity index is 2.24. The first-order valence-electron chi connectivity index (χ1n) is 6.48. The molecule has 0 saturated carbocycles. The molecule has 0 aliphatic carbocycles. The maximum absolute atomic E-state index is 11.3. The molecule has 2 aliphatic rings. The number of rotatable bonds is 6. The Bertz CT molecular complexity index is 456. The van der Waals surface area contributed by atoms with E-state index in [4.69, 9.17) is 0 Å². The lowest BCUT2D eigenvalue weighted by Gasteiger charge is -2.21. The summed E-state index contributed by atoms with van der Waals surface area (Å²) in [4.78, 5) is 31.0. The van der Waals surface area contributed by atoms with Gasteiger partial charge in [0, 0.05) is 13.1 Å². The highest BCUT2D eigenvalue weighted by Crippen LogP contribution is 2.17. The summed E-state index contributed by atoms with van der Waals surface area (Å²) in [6.07, 6.45) is 1.34. The number of hydrogen-bond donors (Lipinski definition) is 2. The summed E-state index contributed by atoms with van der Waals surface area (Å²) >= 11 is 0. The highest BCUT2D eigenvalue weighted by Gasteiger charge is 2.36. The second kappa shape index (κ2) is 5.48. The van der Waals surface area contributed by atoms with Gasteiger partial charge in [0.1, 0.15) is 11.7 Å². The van der Waals surface area contributed by atoms with E-state index in [1.165, 1.54) is 0 Å². The average molecular weight is 278 g/mol. The number of nitrogens with zero attached hydrogens (tertiary/aromatic N) is 4. The van der Waals surface area contributed by atoms with Gasteiger partial charge in [-0.2, -0.15) is 10.2 Å². The summed E-state index contributed by atoms with van der Waals surface area (Å²) < 4.78 is 0. The van der Waals surface area contributed by atoms with Crippen LogP contribution in [0.4, 0.5) is 0 Å². The van der Waals surface area contributed by atoms with Gasteiger partial charge in [0.25, 0.3) is 0 Å². The minimum atomic E-state index is -1.19. The Morgan fingerprint density at radius 1 is 0.950 bits per heavy atom. The largest absolute Gasteiger partial charge is 0.369 e. The molecule has 2 atom stereocenters. The van der Waals surface area contributed by atoms with E-state index in [0.29, 0.717) is 50.4 Å². The second-order valence-electron chi connectivity index (χ2n) is 5.04. The van der Waals surface area contributed by atoms with E-state index in [2.05, 4.69) is 30.8 Å². The zero-order valence-corrected chi connectivity index (χ0v) is 11.6. The van der Waals surface area contributed by atoms with Crippen LogP contribution in [0.25, 0.3) is 0 Å². The van der Waals surface area contributed by atoms with Crippen molar-refractivity contribution in [3.05, 3.63) is 0 Å². The molecule has 8 heteroatoms. The zero-order valence-electron chi connectivity index (χ0n) is 11.6. The van der Waals surface area contributed by atoms with Crippen molar-refractivity contribution >= 4 is 24.2 Å². The SMILES string of the molecule is CC(C=O)(N=NC(C)(C=O)C1=NCCN1)C1=NCCN1. The fraction of sp³-hybridized carbons (Fsp3) is 0.667. The Morgan fingerprint density at radius 3 is 1.60 bits per heavy atom. The fourth-order valence-corrected chi connectivity index (χ4v) is 1.94. The summed E-state index contributed by atoms with van der Waals surface area (Å²) in [6.45, 7) is 5.77. The van der Waals surface area contributed by atoms with Crippen LogP contribution >= 0.6 is 0 Å². The lowest BCUT2D eigenvalue weighted by Crippen LogP contribution is -2.45. The van der Waals surface area contributed by atoms with Gasteiger partial charge in [-0.3, -0.25) is 9.98 Å². The van der Waals surface area contributed by atoms with Gasteiger partial charge >= 0.3 is 0 Å². The van der Waals surface area contributed by atoms with Gasteiger partial charge < -0.3 is 20.2 Å². The zero-order chi connectivity index (χ0) is 14.6. The molecule has 2 N–H and O–H groups in total. The third-order valence-electron chi connectivity index (χ3n) is 3.23. The molecule has 0 radical (unpaired) electrons. The van der Waals surface area contributed by atoms with Crippen molar-refractivity contribution in [2.75, 3.05) is 26.2 Å². The number of carbonyl (C=O) groups excluding carboxylic acids is 2. The topological polar surface area (TPSA) is 108 Å². The van der Waals surface area contributed by atoms with Crippen molar-refractivity contribution in [1.29, 1.82) is 0 Å². The number of aliphatic imine (C=N–C) groups is 2. The second-order valence-corrected chi connectivity index (χ2v) is 5.04. The lowest BCUT2D eigenvalue weighted by molar-refractivity contribution is -0.111. The third kappa shape index (κ3) is 2.59. The van der Waals surface area contributed by atoms with Gasteiger partial charge in [0.2, 0.25) is 0 Å². The van der Waals surface area contributed by atoms with Crippen molar-refractivity contribution in [3.8, 4) is 0 Å². The van der Waals surface area contributed by atoms with Crippen LogP contribution < -0.4 is 10.6 Å². The molecule has 2 rings (SSSR count). The summed E-state index contributed by atoms with van der Waals surface area (Å²) in [5.74, 6) is 0.955. The summed E-state index contributed by atoms with van der Waals surface area (Å²) in [5.41, 5.74) is -2.39. The smallest absolute Gasteiger partial charge is 0.190 e. The molecule has 0 fully saturated rings. The molecule has 0 saturated heterocycles. The molecule has 2 aliphatic heterocycles. The van der Waals surface area contributed by atoms with Gasteiger partial charge in [-0.05, 0) is 13.8 Å². The Labute approximate surface area is 116 Å². The minimum Gasteiger partial charge on any atom is -0.369 e. The van der Waals surface area contributed by atoms with E-state index in [9.17, 15) is 9.59 Å². The quantitative estimate of drug-likeness (QED) is 0.497. The Hall–Kier alpha value is -2.12. The molecule has 8 nitrogen and oxygen atoms in total. The van der Waals surface area contributed by atoms with E-state index in [-0.39, 0.29) is 0 Å². The molecule has 0 spiro atoms. The normalized spacial score (nSPS) is 24.1. The van der Waals surface area contributed by atoms with Crippen LogP contribution in [0.15, 0.2) is 20.2 Å². The number of hydrogen-bond acceptors (Lipinski definition) is 8. The standard InChI is InChI=1S/C12H18N6O2/c1-11(7-19,9-13-3-4-14-9)17-18-12(2,8-20)10-15-5-6-16-10/h7-8H,3-6H2,1-2H3,(H,13,14)(H,15,16). The molecule has 108 valence electrons. The first-order chi connectivity index (χ1) is 9.54.